The largest absolute Gasteiger partial charge is 0.309 e. The lowest BCUT2D eigenvalue weighted by Gasteiger charge is -2.11. The summed E-state index contributed by atoms with van der Waals surface area (Å²) in [6.45, 7) is 0. The van der Waals surface area contributed by atoms with Crippen LogP contribution in [0.1, 0.15) is 0 Å². The molecule has 0 bridgehead atoms. The summed E-state index contributed by atoms with van der Waals surface area (Å²) < 4.78 is 7.53. The van der Waals surface area contributed by atoms with Crippen LogP contribution in [0.5, 0.6) is 0 Å². The average Bonchev–Trinajstić information content (AvgIpc) is 3.92. The first-order chi connectivity index (χ1) is 27.3. The van der Waals surface area contributed by atoms with E-state index in [9.17, 15) is 0 Å². The second-order valence-electron chi connectivity index (χ2n) is 14.5. The number of benzene rings is 9. The van der Waals surface area contributed by atoms with E-state index in [0.29, 0.717) is 0 Å². The van der Waals surface area contributed by atoms with Gasteiger partial charge in [0.2, 0.25) is 0 Å². The van der Waals surface area contributed by atoms with Crippen LogP contribution in [0, 0.1) is 0 Å². The van der Waals surface area contributed by atoms with Crippen molar-refractivity contribution in [2.45, 2.75) is 0 Å². The molecule has 2 nitrogen and oxygen atoms in total. The molecule has 0 spiro atoms. The fourth-order valence-corrected chi connectivity index (χ4v) is 10.3. The lowest BCUT2D eigenvalue weighted by molar-refractivity contribution is 1.18. The smallest absolute Gasteiger partial charge is 0.0634 e. The maximum atomic E-state index is 2.49. The van der Waals surface area contributed by atoms with Gasteiger partial charge in [0.15, 0.2) is 0 Å². The Bertz CT molecular complexity index is 3460. The van der Waals surface area contributed by atoms with Gasteiger partial charge in [-0.25, -0.2) is 0 Å². The molecular weight excluding hydrogens is 685 g/mol. The maximum Gasteiger partial charge on any atom is 0.0634 e. The molecule has 0 N–H and O–H groups in total. The van der Waals surface area contributed by atoms with Crippen LogP contribution >= 0.6 is 11.3 Å². The minimum Gasteiger partial charge on any atom is -0.309 e. The predicted octanol–water partition coefficient (Wildman–Crippen LogP) is 14.7. The van der Waals surface area contributed by atoms with Gasteiger partial charge in [0.1, 0.15) is 0 Å². The lowest BCUT2D eigenvalue weighted by Crippen LogP contribution is -1.94. The van der Waals surface area contributed by atoms with Gasteiger partial charge in [-0.05, 0) is 94.4 Å². The van der Waals surface area contributed by atoms with Crippen molar-refractivity contribution in [3.63, 3.8) is 0 Å². The van der Waals surface area contributed by atoms with E-state index in [2.05, 4.69) is 203 Å². The van der Waals surface area contributed by atoms with Crippen molar-refractivity contribution >= 4 is 85.9 Å². The SMILES string of the molecule is c1ccc(-c2ccc3sc4c(c3c2)c2ccccc2c2c4c3cc(-c4ccc5c(c4)c4ccccc4n5-c4ccccc4)ccc3n2-c2ccccc2)cc1. The summed E-state index contributed by atoms with van der Waals surface area (Å²) >= 11 is 1.92. The van der Waals surface area contributed by atoms with Crippen molar-refractivity contribution < 1.29 is 0 Å². The van der Waals surface area contributed by atoms with Crippen LogP contribution in [0.4, 0.5) is 0 Å². The minimum absolute atomic E-state index is 1.17. The van der Waals surface area contributed by atoms with Gasteiger partial charge in [0, 0.05) is 58.5 Å². The third-order valence-corrected chi connectivity index (χ3v) is 12.7. The quantitative estimate of drug-likeness (QED) is 0.172. The fraction of sp³-hybridized carbons (Fsp3) is 0. The Labute approximate surface area is 321 Å². The van der Waals surface area contributed by atoms with Gasteiger partial charge in [-0.1, -0.05) is 127 Å². The van der Waals surface area contributed by atoms with Crippen LogP contribution in [-0.4, -0.2) is 9.13 Å². The van der Waals surface area contributed by atoms with Gasteiger partial charge in [0.25, 0.3) is 0 Å². The molecule has 0 radical (unpaired) electrons. The first-order valence-corrected chi connectivity index (χ1v) is 19.7. The zero-order valence-corrected chi connectivity index (χ0v) is 30.6. The number of para-hydroxylation sites is 3. The van der Waals surface area contributed by atoms with Gasteiger partial charge in [-0.15, -0.1) is 11.3 Å². The van der Waals surface area contributed by atoms with Crippen LogP contribution in [0.25, 0.3) is 108 Å². The van der Waals surface area contributed by atoms with E-state index >= 15 is 0 Å². The molecule has 0 unspecified atom stereocenters. The zero-order valence-electron chi connectivity index (χ0n) is 29.8. The van der Waals surface area contributed by atoms with Crippen molar-refractivity contribution in [3.8, 4) is 33.6 Å². The lowest BCUT2D eigenvalue weighted by atomic mass is 9.96. The molecule has 0 saturated heterocycles. The molecule has 0 aliphatic rings. The standard InChI is InChI=1S/C52H32N2S/c1-4-14-33(15-5-1)34-26-29-48-44(32-34)49-40-21-10-11-22-41(40)51-50(52(49)55-48)43-31-36(25-28-47(43)54(51)38-18-8-3-9-19-38)35-24-27-46-42(30-35)39-20-12-13-23-45(39)53(46)37-16-6-2-7-17-37/h1-32H. The van der Waals surface area contributed by atoms with Crippen molar-refractivity contribution in [1.29, 1.82) is 0 Å². The highest BCUT2D eigenvalue weighted by Crippen LogP contribution is 2.49. The van der Waals surface area contributed by atoms with Gasteiger partial charge >= 0.3 is 0 Å². The van der Waals surface area contributed by atoms with Gasteiger partial charge < -0.3 is 9.13 Å². The second-order valence-corrected chi connectivity index (χ2v) is 15.5. The average molecular weight is 717 g/mol. The molecule has 256 valence electrons. The number of hydrogen-bond donors (Lipinski definition) is 0. The number of fused-ring (bicyclic) bond motifs is 13. The molecule has 0 amide bonds. The molecule has 3 heterocycles. The van der Waals surface area contributed by atoms with E-state index in [1.54, 1.807) is 0 Å². The molecule has 12 aromatic rings. The van der Waals surface area contributed by atoms with Crippen LogP contribution in [0.3, 0.4) is 0 Å². The van der Waals surface area contributed by atoms with E-state index < -0.39 is 0 Å². The monoisotopic (exact) mass is 716 g/mol. The van der Waals surface area contributed by atoms with Crippen LogP contribution in [0.2, 0.25) is 0 Å². The van der Waals surface area contributed by atoms with Crippen molar-refractivity contribution in [1.82, 2.24) is 9.13 Å². The summed E-state index contributed by atoms with van der Waals surface area (Å²) in [4.78, 5) is 0. The molecule has 9 aromatic carbocycles. The third kappa shape index (κ3) is 4.48. The number of rotatable bonds is 4. The number of nitrogens with zero attached hydrogens (tertiary/aromatic N) is 2. The van der Waals surface area contributed by atoms with E-state index in [4.69, 9.17) is 0 Å². The summed E-state index contributed by atoms with van der Waals surface area (Å²) in [5.74, 6) is 0. The highest BCUT2D eigenvalue weighted by Gasteiger charge is 2.23. The predicted molar refractivity (Wildman–Crippen MR) is 236 cm³/mol. The van der Waals surface area contributed by atoms with Crippen molar-refractivity contribution in [3.05, 3.63) is 194 Å². The summed E-state index contributed by atoms with van der Waals surface area (Å²) in [6.07, 6.45) is 0. The van der Waals surface area contributed by atoms with Crippen LogP contribution < -0.4 is 0 Å². The molecule has 0 aliphatic carbocycles. The van der Waals surface area contributed by atoms with Crippen LogP contribution in [-0.2, 0) is 0 Å². The number of thiophene rings is 1. The fourth-order valence-electron chi connectivity index (χ4n) is 9.07. The van der Waals surface area contributed by atoms with Gasteiger partial charge in [-0.2, -0.15) is 0 Å². The van der Waals surface area contributed by atoms with Crippen LogP contribution in [0.15, 0.2) is 194 Å². The van der Waals surface area contributed by atoms with E-state index in [1.165, 1.54) is 108 Å². The Balaban J connectivity index is 1.17. The molecular formula is C52H32N2S. The van der Waals surface area contributed by atoms with E-state index in [0.717, 1.165) is 0 Å². The van der Waals surface area contributed by atoms with Crippen molar-refractivity contribution in [2.24, 2.45) is 0 Å². The Morgan fingerprint density at radius 2 is 0.818 bits per heavy atom. The molecule has 55 heavy (non-hydrogen) atoms. The molecule has 3 aromatic heterocycles. The normalized spacial score (nSPS) is 12.0. The molecule has 0 saturated carbocycles. The minimum atomic E-state index is 1.17. The molecule has 3 heteroatoms. The summed E-state index contributed by atoms with van der Waals surface area (Å²) in [6, 6.07) is 71.2. The maximum absolute atomic E-state index is 2.49. The summed E-state index contributed by atoms with van der Waals surface area (Å²) in [7, 11) is 0. The second kappa shape index (κ2) is 11.8. The Morgan fingerprint density at radius 3 is 1.55 bits per heavy atom. The third-order valence-electron chi connectivity index (χ3n) is 11.5. The Kier molecular flexibility index (Phi) is 6.54. The van der Waals surface area contributed by atoms with Gasteiger partial charge in [0.05, 0.1) is 22.1 Å². The topological polar surface area (TPSA) is 9.86 Å². The molecule has 0 aliphatic heterocycles. The Hall–Kier alpha value is -6.94. The van der Waals surface area contributed by atoms with Gasteiger partial charge in [-0.3, -0.25) is 0 Å². The van der Waals surface area contributed by atoms with E-state index in [1.807, 2.05) is 11.3 Å². The molecule has 0 fully saturated rings. The highest BCUT2D eigenvalue weighted by atomic mass is 32.1. The highest BCUT2D eigenvalue weighted by molar-refractivity contribution is 7.27. The summed E-state index contributed by atoms with van der Waals surface area (Å²) in [5, 5.41) is 10.3. The molecule has 0 atom stereocenters. The number of hydrogen-bond acceptors (Lipinski definition) is 1. The molecule has 12 rings (SSSR count). The van der Waals surface area contributed by atoms with E-state index in [-0.39, 0.29) is 0 Å². The summed E-state index contributed by atoms with van der Waals surface area (Å²) in [5.41, 5.74) is 12.2. The van der Waals surface area contributed by atoms with Crippen molar-refractivity contribution in [2.75, 3.05) is 0 Å². The first-order valence-electron chi connectivity index (χ1n) is 18.9. The Morgan fingerprint density at radius 1 is 0.309 bits per heavy atom. The first kappa shape index (κ1) is 30.5. The number of aromatic nitrogens is 2. The zero-order chi connectivity index (χ0) is 36.0.